The zero-order chi connectivity index (χ0) is 10.6. The SMILES string of the molecule is C=C(C)CC(CC)CN=CC1CC1C. The maximum Gasteiger partial charge on any atom is 0.0416 e. The van der Waals surface area contributed by atoms with E-state index in [9.17, 15) is 0 Å². The minimum absolute atomic E-state index is 0.706. The van der Waals surface area contributed by atoms with Crippen LogP contribution in [0.3, 0.4) is 0 Å². The highest BCUT2D eigenvalue weighted by atomic mass is 14.7. The lowest BCUT2D eigenvalue weighted by atomic mass is 9.99. The van der Waals surface area contributed by atoms with E-state index >= 15 is 0 Å². The zero-order valence-corrected chi connectivity index (χ0v) is 9.79. The average molecular weight is 193 g/mol. The molecule has 1 aliphatic rings. The highest BCUT2D eigenvalue weighted by Crippen LogP contribution is 2.35. The molecule has 0 bridgehead atoms. The summed E-state index contributed by atoms with van der Waals surface area (Å²) in [4.78, 5) is 4.54. The first-order chi connectivity index (χ1) is 6.63. The first kappa shape index (κ1) is 11.5. The number of hydrogen-bond donors (Lipinski definition) is 0. The molecule has 0 radical (unpaired) electrons. The number of nitrogens with zero attached hydrogens (tertiary/aromatic N) is 1. The Balaban J connectivity index is 2.19. The van der Waals surface area contributed by atoms with E-state index in [0.29, 0.717) is 5.92 Å². The molecule has 0 aromatic carbocycles. The Labute approximate surface area is 88.3 Å². The van der Waals surface area contributed by atoms with Crippen LogP contribution < -0.4 is 0 Å². The molecule has 1 fully saturated rings. The molecule has 3 atom stereocenters. The predicted molar refractivity (Wildman–Crippen MR) is 63.8 cm³/mol. The first-order valence-electron chi connectivity index (χ1n) is 5.77. The van der Waals surface area contributed by atoms with Gasteiger partial charge in [0.05, 0.1) is 0 Å². The van der Waals surface area contributed by atoms with Crippen LogP contribution in [-0.2, 0) is 0 Å². The Hall–Kier alpha value is -0.590. The van der Waals surface area contributed by atoms with E-state index < -0.39 is 0 Å². The van der Waals surface area contributed by atoms with Gasteiger partial charge in [-0.3, -0.25) is 4.99 Å². The van der Waals surface area contributed by atoms with Gasteiger partial charge in [0.2, 0.25) is 0 Å². The molecule has 3 unspecified atom stereocenters. The van der Waals surface area contributed by atoms with Gasteiger partial charge in [0, 0.05) is 12.8 Å². The quantitative estimate of drug-likeness (QED) is 0.450. The highest BCUT2D eigenvalue weighted by molar-refractivity contribution is 5.64. The third kappa shape index (κ3) is 4.08. The van der Waals surface area contributed by atoms with Crippen LogP contribution in [0.2, 0.25) is 0 Å². The summed E-state index contributed by atoms with van der Waals surface area (Å²) in [6.07, 6.45) is 5.87. The van der Waals surface area contributed by atoms with Crippen molar-refractivity contribution >= 4 is 6.21 Å². The summed E-state index contributed by atoms with van der Waals surface area (Å²) < 4.78 is 0. The van der Waals surface area contributed by atoms with Crippen LogP contribution in [-0.4, -0.2) is 12.8 Å². The lowest BCUT2D eigenvalue weighted by molar-refractivity contribution is 0.518. The summed E-state index contributed by atoms with van der Waals surface area (Å²) in [5.74, 6) is 2.38. The van der Waals surface area contributed by atoms with E-state index in [-0.39, 0.29) is 0 Å². The number of hydrogen-bond acceptors (Lipinski definition) is 1. The monoisotopic (exact) mass is 193 g/mol. The number of rotatable bonds is 6. The third-order valence-corrected chi connectivity index (χ3v) is 3.05. The first-order valence-corrected chi connectivity index (χ1v) is 5.77. The molecule has 0 heterocycles. The van der Waals surface area contributed by atoms with Gasteiger partial charge in [0.25, 0.3) is 0 Å². The van der Waals surface area contributed by atoms with Crippen molar-refractivity contribution in [3.8, 4) is 0 Å². The van der Waals surface area contributed by atoms with Gasteiger partial charge in [0.1, 0.15) is 0 Å². The van der Waals surface area contributed by atoms with Crippen molar-refractivity contribution in [2.45, 2.75) is 40.0 Å². The molecule has 1 heteroatoms. The summed E-state index contributed by atoms with van der Waals surface area (Å²) in [6, 6.07) is 0. The number of aliphatic imine (C=N–C) groups is 1. The maximum absolute atomic E-state index is 4.54. The molecule has 1 nitrogen and oxygen atoms in total. The fourth-order valence-electron chi connectivity index (χ4n) is 1.73. The molecule has 0 aliphatic heterocycles. The van der Waals surface area contributed by atoms with Gasteiger partial charge < -0.3 is 0 Å². The summed E-state index contributed by atoms with van der Waals surface area (Å²) in [6.45, 7) is 11.6. The van der Waals surface area contributed by atoms with Crippen LogP contribution >= 0.6 is 0 Å². The van der Waals surface area contributed by atoms with Crippen molar-refractivity contribution in [1.82, 2.24) is 0 Å². The van der Waals surface area contributed by atoms with E-state index in [1.165, 1.54) is 18.4 Å². The summed E-state index contributed by atoms with van der Waals surface area (Å²) in [7, 11) is 0. The molecule has 1 aliphatic carbocycles. The van der Waals surface area contributed by atoms with Gasteiger partial charge >= 0.3 is 0 Å². The van der Waals surface area contributed by atoms with Crippen LogP contribution in [0.25, 0.3) is 0 Å². The van der Waals surface area contributed by atoms with Crippen molar-refractivity contribution < 1.29 is 0 Å². The Kier molecular flexibility index (Phi) is 4.37. The molecular weight excluding hydrogens is 170 g/mol. The van der Waals surface area contributed by atoms with Crippen LogP contribution in [0.5, 0.6) is 0 Å². The van der Waals surface area contributed by atoms with E-state index in [1.54, 1.807) is 0 Å². The van der Waals surface area contributed by atoms with E-state index in [2.05, 4.69) is 38.6 Å². The predicted octanol–water partition coefficient (Wildman–Crippen LogP) is 3.71. The fourth-order valence-corrected chi connectivity index (χ4v) is 1.73. The molecule has 0 spiro atoms. The molecule has 0 amide bonds. The van der Waals surface area contributed by atoms with Crippen molar-refractivity contribution in [2.24, 2.45) is 22.7 Å². The molecule has 80 valence electrons. The van der Waals surface area contributed by atoms with Crippen molar-refractivity contribution in [2.75, 3.05) is 6.54 Å². The fraction of sp³-hybridized carbons (Fsp3) is 0.769. The van der Waals surface area contributed by atoms with Gasteiger partial charge in [-0.2, -0.15) is 0 Å². The van der Waals surface area contributed by atoms with E-state index in [0.717, 1.165) is 24.8 Å². The smallest absolute Gasteiger partial charge is 0.0416 e. The third-order valence-electron chi connectivity index (χ3n) is 3.05. The molecule has 1 rings (SSSR count). The van der Waals surface area contributed by atoms with Gasteiger partial charge in [-0.05, 0) is 37.5 Å². The second-order valence-electron chi connectivity index (χ2n) is 4.83. The Morgan fingerprint density at radius 3 is 2.71 bits per heavy atom. The average Bonchev–Trinajstić information content (AvgIpc) is 2.79. The van der Waals surface area contributed by atoms with Gasteiger partial charge in [0.15, 0.2) is 0 Å². The largest absolute Gasteiger partial charge is 0.297 e. The van der Waals surface area contributed by atoms with Crippen LogP contribution in [0.15, 0.2) is 17.1 Å². The lowest BCUT2D eigenvalue weighted by Gasteiger charge is -2.11. The second-order valence-corrected chi connectivity index (χ2v) is 4.83. The molecule has 0 aromatic heterocycles. The standard InChI is InChI=1S/C13H23N/c1-5-12(6-10(2)3)8-14-9-13-7-11(13)4/h9,11-13H,2,5-8H2,1,3-4H3. The molecule has 0 aromatic rings. The van der Waals surface area contributed by atoms with Crippen LogP contribution in [0.4, 0.5) is 0 Å². The van der Waals surface area contributed by atoms with Crippen molar-refractivity contribution in [1.29, 1.82) is 0 Å². The summed E-state index contributed by atoms with van der Waals surface area (Å²) in [5, 5.41) is 0. The minimum atomic E-state index is 0.706. The normalized spacial score (nSPS) is 27.9. The topological polar surface area (TPSA) is 12.4 Å². The zero-order valence-electron chi connectivity index (χ0n) is 9.79. The molecular formula is C13H23N. The Morgan fingerprint density at radius 2 is 2.29 bits per heavy atom. The van der Waals surface area contributed by atoms with Crippen molar-refractivity contribution in [3.63, 3.8) is 0 Å². The Morgan fingerprint density at radius 1 is 1.64 bits per heavy atom. The van der Waals surface area contributed by atoms with E-state index in [4.69, 9.17) is 0 Å². The molecule has 0 saturated heterocycles. The maximum atomic E-state index is 4.54. The van der Waals surface area contributed by atoms with Gasteiger partial charge in [-0.15, -0.1) is 6.58 Å². The summed E-state index contributed by atoms with van der Waals surface area (Å²) in [5.41, 5.74) is 1.28. The van der Waals surface area contributed by atoms with Crippen LogP contribution in [0, 0.1) is 17.8 Å². The molecule has 1 saturated carbocycles. The highest BCUT2D eigenvalue weighted by Gasteiger charge is 2.30. The Bertz CT molecular complexity index is 217. The second kappa shape index (κ2) is 5.33. The van der Waals surface area contributed by atoms with Gasteiger partial charge in [-0.25, -0.2) is 0 Å². The number of allylic oxidation sites excluding steroid dienone is 1. The van der Waals surface area contributed by atoms with Crippen LogP contribution in [0.1, 0.15) is 40.0 Å². The summed E-state index contributed by atoms with van der Waals surface area (Å²) >= 11 is 0. The van der Waals surface area contributed by atoms with Gasteiger partial charge in [-0.1, -0.05) is 25.8 Å². The van der Waals surface area contributed by atoms with E-state index in [1.807, 2.05) is 0 Å². The minimum Gasteiger partial charge on any atom is -0.297 e. The lowest BCUT2D eigenvalue weighted by Crippen LogP contribution is -2.04. The van der Waals surface area contributed by atoms with Crippen molar-refractivity contribution in [3.05, 3.63) is 12.2 Å². The molecule has 0 N–H and O–H groups in total. The molecule has 14 heavy (non-hydrogen) atoms.